The highest BCUT2D eigenvalue weighted by atomic mass is 17.0. The second kappa shape index (κ2) is 9.60. The van der Waals surface area contributed by atoms with Crippen LogP contribution in [0.5, 0.6) is 11.5 Å². The lowest BCUT2D eigenvalue weighted by molar-refractivity contribution is -0.757. The van der Waals surface area contributed by atoms with E-state index in [4.69, 9.17) is 9.47 Å². The molecule has 3 aromatic rings. The number of ether oxygens (including phenoxy) is 2. The highest BCUT2D eigenvalue weighted by Gasteiger charge is 2.21. The highest BCUT2D eigenvalue weighted by Crippen LogP contribution is 2.28. The molecule has 8 nitrogen and oxygen atoms in total. The number of aliphatic carboxylic acids is 1. The number of rotatable bonds is 10. The van der Waals surface area contributed by atoms with Crippen molar-refractivity contribution >= 4 is 16.7 Å². The zero-order chi connectivity index (χ0) is 21.5. The van der Waals surface area contributed by atoms with E-state index in [1.54, 1.807) is 31.4 Å². The summed E-state index contributed by atoms with van der Waals surface area (Å²) in [4.78, 5) is 26.2. The third-order valence-corrected chi connectivity index (χ3v) is 4.68. The number of benzene rings is 3. The zero-order valence-corrected chi connectivity index (χ0v) is 16.3. The molecule has 0 aliphatic heterocycles. The minimum atomic E-state index is -0.903. The minimum Gasteiger partial charge on any atom is -0.497 e. The topological polar surface area (TPSA) is 108 Å². The lowest BCUT2D eigenvalue weighted by Crippen LogP contribution is -2.14. The number of methoxy groups -OCH3 is 1. The van der Waals surface area contributed by atoms with Crippen LogP contribution in [0.25, 0.3) is 10.8 Å². The summed E-state index contributed by atoms with van der Waals surface area (Å²) in [7, 11) is 1.60. The Balaban J connectivity index is 1.70. The molecule has 0 fully saturated rings. The lowest BCUT2D eigenvalue weighted by atomic mass is 9.90. The van der Waals surface area contributed by atoms with Crippen LogP contribution < -0.4 is 9.47 Å². The van der Waals surface area contributed by atoms with Crippen molar-refractivity contribution in [2.45, 2.75) is 12.3 Å². The third-order valence-electron chi connectivity index (χ3n) is 4.68. The summed E-state index contributed by atoms with van der Waals surface area (Å²) in [5.41, 5.74) is 1.56. The summed E-state index contributed by atoms with van der Waals surface area (Å²) in [6, 6.07) is 18.2. The highest BCUT2D eigenvalue weighted by molar-refractivity contribution is 5.86. The average molecular weight is 411 g/mol. The molecule has 0 aliphatic rings. The Morgan fingerprint density at radius 1 is 1.00 bits per heavy atom. The average Bonchev–Trinajstić information content (AvgIpc) is 2.75. The van der Waals surface area contributed by atoms with Crippen molar-refractivity contribution in [3.05, 3.63) is 81.9 Å². The van der Waals surface area contributed by atoms with E-state index in [1.165, 1.54) is 0 Å². The molecule has 0 heterocycles. The molecule has 1 atom stereocenters. The van der Waals surface area contributed by atoms with Crippen LogP contribution in [0.1, 0.15) is 17.0 Å². The Morgan fingerprint density at radius 3 is 2.33 bits per heavy atom. The van der Waals surface area contributed by atoms with Gasteiger partial charge in [0.2, 0.25) is 0 Å². The van der Waals surface area contributed by atoms with Crippen LogP contribution in [0.3, 0.4) is 0 Å². The van der Waals surface area contributed by atoms with Gasteiger partial charge in [-0.1, -0.05) is 36.4 Å². The molecule has 1 N–H and O–H groups in total. The minimum absolute atomic E-state index is 0.0416. The fourth-order valence-corrected chi connectivity index (χ4v) is 3.16. The maximum absolute atomic E-state index is 11.9. The first-order chi connectivity index (χ1) is 14.5. The molecule has 3 rings (SSSR count). The summed E-state index contributed by atoms with van der Waals surface area (Å²) < 4.78 is 10.6. The van der Waals surface area contributed by atoms with Gasteiger partial charge in [-0.25, -0.2) is 0 Å². The summed E-state index contributed by atoms with van der Waals surface area (Å²) in [6.45, 7) is -0.121. The summed E-state index contributed by atoms with van der Waals surface area (Å²) in [5.74, 6) is -0.327. The first kappa shape index (κ1) is 20.9. The number of fused-ring (bicyclic) bond motifs is 1. The van der Waals surface area contributed by atoms with Crippen molar-refractivity contribution in [3.8, 4) is 11.5 Å². The molecule has 0 aromatic heterocycles. The summed E-state index contributed by atoms with van der Waals surface area (Å²) in [5, 5.41) is 20.9. The van der Waals surface area contributed by atoms with Gasteiger partial charge in [0, 0.05) is 0 Å². The SMILES string of the molecule is COc1ccc2cc([C@H](Cc3ccc(OCCO[N+](=O)[O-])cc3)C(=O)O)ccc2c1. The lowest BCUT2D eigenvalue weighted by Gasteiger charge is -2.15. The van der Waals surface area contributed by atoms with Gasteiger partial charge in [-0.15, -0.1) is 10.1 Å². The quantitative estimate of drug-likeness (QED) is 0.307. The third kappa shape index (κ3) is 5.38. The number of carboxylic acids is 1. The van der Waals surface area contributed by atoms with Gasteiger partial charge in [-0.05, 0) is 52.6 Å². The van der Waals surface area contributed by atoms with Gasteiger partial charge in [-0.2, -0.15) is 0 Å². The number of hydrogen-bond acceptors (Lipinski definition) is 6. The van der Waals surface area contributed by atoms with E-state index in [0.29, 0.717) is 12.2 Å². The standard InChI is InChI=1S/C22H21NO7/c1-28-20-9-6-16-13-18(5-4-17(16)14-20)21(22(24)25)12-15-2-7-19(8-3-15)29-10-11-30-23(26)27/h2-9,13-14,21H,10-12H2,1H3,(H,24,25)/t21-/m0/s1. The largest absolute Gasteiger partial charge is 0.497 e. The Kier molecular flexibility index (Phi) is 6.69. The maximum atomic E-state index is 11.9. The van der Waals surface area contributed by atoms with Gasteiger partial charge in [-0.3, -0.25) is 4.79 Å². The number of carboxylic acid groups (broad SMARTS) is 1. The molecule has 0 saturated carbocycles. The second-order valence-corrected chi connectivity index (χ2v) is 6.62. The van der Waals surface area contributed by atoms with E-state index in [1.807, 2.05) is 36.4 Å². The van der Waals surface area contributed by atoms with E-state index >= 15 is 0 Å². The molecule has 0 spiro atoms. The molecule has 0 unspecified atom stereocenters. The maximum Gasteiger partial charge on any atom is 0.311 e. The van der Waals surface area contributed by atoms with Gasteiger partial charge in [0.25, 0.3) is 5.09 Å². The molecule has 0 radical (unpaired) electrons. The van der Waals surface area contributed by atoms with E-state index in [2.05, 4.69) is 4.84 Å². The van der Waals surface area contributed by atoms with E-state index < -0.39 is 17.0 Å². The van der Waals surface area contributed by atoms with Gasteiger partial charge in [0.15, 0.2) is 0 Å². The molecule has 3 aromatic carbocycles. The van der Waals surface area contributed by atoms with Crippen molar-refractivity contribution in [1.82, 2.24) is 0 Å². The van der Waals surface area contributed by atoms with Crippen molar-refractivity contribution in [3.63, 3.8) is 0 Å². The number of carbonyl (C=O) groups is 1. The monoisotopic (exact) mass is 411 g/mol. The van der Waals surface area contributed by atoms with E-state index in [-0.39, 0.29) is 13.2 Å². The van der Waals surface area contributed by atoms with Gasteiger partial charge in [0.1, 0.15) is 24.7 Å². The van der Waals surface area contributed by atoms with Crippen LogP contribution in [-0.2, 0) is 16.1 Å². The molecule has 156 valence electrons. The summed E-state index contributed by atoms with van der Waals surface area (Å²) in [6.07, 6.45) is 0.321. The Bertz CT molecular complexity index is 1030. The zero-order valence-electron chi connectivity index (χ0n) is 16.3. The van der Waals surface area contributed by atoms with Crippen LogP contribution in [0.2, 0.25) is 0 Å². The van der Waals surface area contributed by atoms with E-state index in [9.17, 15) is 20.0 Å². The van der Waals surface area contributed by atoms with Crippen molar-refractivity contribution in [1.29, 1.82) is 0 Å². The Labute approximate surface area is 172 Å². The number of hydrogen-bond donors (Lipinski definition) is 1. The predicted octanol–water partition coefficient (Wildman–Crippen LogP) is 3.85. The second-order valence-electron chi connectivity index (χ2n) is 6.62. The molecule has 0 bridgehead atoms. The van der Waals surface area contributed by atoms with Gasteiger partial charge < -0.3 is 19.4 Å². The number of nitrogens with zero attached hydrogens (tertiary/aromatic N) is 1. The van der Waals surface area contributed by atoms with Gasteiger partial charge in [0.05, 0.1) is 13.0 Å². The van der Waals surface area contributed by atoms with Gasteiger partial charge >= 0.3 is 5.97 Å². The fraction of sp³-hybridized carbons (Fsp3) is 0.227. The normalized spacial score (nSPS) is 11.6. The van der Waals surface area contributed by atoms with Crippen molar-refractivity contribution < 1.29 is 29.3 Å². The van der Waals surface area contributed by atoms with E-state index in [0.717, 1.165) is 27.6 Å². The fourth-order valence-electron chi connectivity index (χ4n) is 3.16. The molecule has 8 heteroatoms. The first-order valence-electron chi connectivity index (χ1n) is 9.26. The predicted molar refractivity (Wildman–Crippen MR) is 109 cm³/mol. The summed E-state index contributed by atoms with van der Waals surface area (Å²) >= 11 is 0. The Hall–Kier alpha value is -3.81. The molecule has 0 amide bonds. The Morgan fingerprint density at radius 2 is 1.67 bits per heavy atom. The van der Waals surface area contributed by atoms with Crippen molar-refractivity contribution in [2.75, 3.05) is 20.3 Å². The van der Waals surface area contributed by atoms with Crippen LogP contribution >= 0.6 is 0 Å². The van der Waals surface area contributed by atoms with Crippen LogP contribution in [0, 0.1) is 10.1 Å². The molecular formula is C22H21NO7. The molecule has 30 heavy (non-hydrogen) atoms. The van der Waals surface area contributed by atoms with Crippen LogP contribution in [0.4, 0.5) is 0 Å². The van der Waals surface area contributed by atoms with Crippen molar-refractivity contribution in [2.24, 2.45) is 0 Å². The first-order valence-corrected chi connectivity index (χ1v) is 9.26. The molecule has 0 saturated heterocycles. The smallest absolute Gasteiger partial charge is 0.311 e. The van der Waals surface area contributed by atoms with Crippen LogP contribution in [0.15, 0.2) is 60.7 Å². The molecule has 0 aliphatic carbocycles. The molecular weight excluding hydrogens is 390 g/mol. The van der Waals surface area contributed by atoms with Crippen LogP contribution in [-0.4, -0.2) is 36.5 Å².